The van der Waals surface area contributed by atoms with Crippen molar-refractivity contribution in [3.63, 3.8) is 0 Å². The molecule has 1 N–H and O–H groups in total. The van der Waals surface area contributed by atoms with Gasteiger partial charge in [-0.25, -0.2) is 4.98 Å². The highest BCUT2D eigenvalue weighted by Crippen LogP contribution is 2.26. The van der Waals surface area contributed by atoms with Gasteiger partial charge in [-0.05, 0) is 43.2 Å². The Bertz CT molecular complexity index is 1150. The number of fused-ring (bicyclic) bond motifs is 1. The summed E-state index contributed by atoms with van der Waals surface area (Å²) in [7, 11) is 0. The molecule has 0 saturated carbocycles. The second-order valence-electron chi connectivity index (χ2n) is 5.84. The lowest BCUT2D eigenvalue weighted by Gasteiger charge is -2.10. The first kappa shape index (κ1) is 16.8. The lowest BCUT2D eigenvalue weighted by molar-refractivity contribution is 1.17. The largest absolute Gasteiger partial charge is 0.345 e. The number of aromatic nitrogens is 2. The summed E-state index contributed by atoms with van der Waals surface area (Å²) in [6, 6.07) is 15.0. The fraction of sp³-hybridized carbons (Fsp3) is 0.100. The highest BCUT2D eigenvalue weighted by molar-refractivity contribution is 5.71. The van der Waals surface area contributed by atoms with Crippen molar-refractivity contribution >= 4 is 11.3 Å². The molecule has 0 bridgehead atoms. The van der Waals surface area contributed by atoms with E-state index in [-0.39, 0.29) is 11.3 Å². The lowest BCUT2D eigenvalue weighted by atomic mass is 10.1. The highest BCUT2D eigenvalue weighted by atomic mass is 15.0. The van der Waals surface area contributed by atoms with Gasteiger partial charge in [-0.2, -0.15) is 15.8 Å². The molecule has 0 saturated heterocycles. The molecule has 3 rings (SSSR count). The minimum Gasteiger partial charge on any atom is -0.345 e. The molecule has 0 atom stereocenters. The average Bonchev–Trinajstić information content (AvgIpc) is 3.06. The Kier molecular flexibility index (Phi) is 4.39. The van der Waals surface area contributed by atoms with Crippen LogP contribution in [0.3, 0.4) is 0 Å². The van der Waals surface area contributed by atoms with Gasteiger partial charge in [0.1, 0.15) is 29.6 Å². The number of nitrogens with one attached hydrogen (secondary N) is 1. The van der Waals surface area contributed by atoms with Crippen LogP contribution in [-0.2, 0) is 0 Å². The Hall–Kier alpha value is -4.08. The van der Waals surface area contributed by atoms with Gasteiger partial charge in [0, 0.05) is 23.6 Å². The van der Waals surface area contributed by atoms with Gasteiger partial charge in [-0.3, -0.25) is 0 Å². The molecular formula is C20H14N6. The van der Waals surface area contributed by atoms with E-state index in [1.807, 2.05) is 67.0 Å². The summed E-state index contributed by atoms with van der Waals surface area (Å²) in [6.45, 7) is 3.90. The van der Waals surface area contributed by atoms with Crippen LogP contribution in [0, 0.1) is 47.8 Å². The molecule has 2 aromatic heterocycles. The van der Waals surface area contributed by atoms with Crippen LogP contribution < -0.4 is 5.32 Å². The molecule has 0 spiro atoms. The van der Waals surface area contributed by atoms with Crippen LogP contribution in [0.5, 0.6) is 0 Å². The zero-order chi connectivity index (χ0) is 18.7. The van der Waals surface area contributed by atoms with Gasteiger partial charge in [0.05, 0.1) is 5.69 Å². The van der Waals surface area contributed by atoms with E-state index in [2.05, 4.69) is 10.3 Å². The molecule has 0 fully saturated rings. The van der Waals surface area contributed by atoms with Crippen molar-refractivity contribution in [2.45, 2.75) is 13.8 Å². The molecule has 3 aromatic rings. The summed E-state index contributed by atoms with van der Waals surface area (Å²) in [5, 5.41) is 30.1. The first-order chi connectivity index (χ1) is 12.5. The van der Waals surface area contributed by atoms with Gasteiger partial charge < -0.3 is 9.72 Å². The van der Waals surface area contributed by atoms with Crippen LogP contribution in [0.2, 0.25) is 0 Å². The predicted molar refractivity (Wildman–Crippen MR) is 97.6 cm³/mol. The van der Waals surface area contributed by atoms with Crippen LogP contribution in [0.25, 0.3) is 16.9 Å². The number of anilines is 1. The zero-order valence-electron chi connectivity index (χ0n) is 14.3. The van der Waals surface area contributed by atoms with Crippen molar-refractivity contribution in [1.29, 1.82) is 15.8 Å². The number of aryl methyl sites for hydroxylation is 2. The smallest absolute Gasteiger partial charge is 0.163 e. The maximum Gasteiger partial charge on any atom is 0.163 e. The molecule has 2 heterocycles. The SMILES string of the molecule is Cc1ccn2cc(-c3ccc(C)c(NC(C#N)=C(C#N)C#N)c3)nc2c1. The number of allylic oxidation sites excluding steroid dienone is 2. The molecule has 26 heavy (non-hydrogen) atoms. The third-order valence-corrected chi connectivity index (χ3v) is 3.99. The van der Waals surface area contributed by atoms with Gasteiger partial charge in [0.15, 0.2) is 5.57 Å². The van der Waals surface area contributed by atoms with E-state index in [9.17, 15) is 5.26 Å². The maximum atomic E-state index is 9.23. The van der Waals surface area contributed by atoms with Crippen LogP contribution in [-0.4, -0.2) is 9.38 Å². The molecule has 0 amide bonds. The molecule has 0 aliphatic heterocycles. The number of imidazole rings is 1. The Labute approximate surface area is 150 Å². The second-order valence-corrected chi connectivity index (χ2v) is 5.84. The Balaban J connectivity index is 2.05. The summed E-state index contributed by atoms with van der Waals surface area (Å²) in [5.41, 5.74) is 4.86. The second kappa shape index (κ2) is 6.81. The summed E-state index contributed by atoms with van der Waals surface area (Å²) < 4.78 is 1.94. The first-order valence-electron chi connectivity index (χ1n) is 7.83. The molecule has 6 nitrogen and oxygen atoms in total. The highest BCUT2D eigenvalue weighted by Gasteiger charge is 2.11. The number of nitrogens with zero attached hydrogens (tertiary/aromatic N) is 5. The molecular weight excluding hydrogens is 324 g/mol. The van der Waals surface area contributed by atoms with Crippen LogP contribution >= 0.6 is 0 Å². The normalized spacial score (nSPS) is 9.81. The number of hydrogen-bond acceptors (Lipinski definition) is 5. The van der Waals surface area contributed by atoms with Crippen molar-refractivity contribution in [1.82, 2.24) is 9.38 Å². The molecule has 0 aliphatic rings. The quantitative estimate of drug-likeness (QED) is 0.731. The van der Waals surface area contributed by atoms with E-state index in [1.165, 1.54) is 0 Å². The topological polar surface area (TPSA) is 101 Å². The molecule has 0 aliphatic carbocycles. The summed E-state index contributed by atoms with van der Waals surface area (Å²) in [6.07, 6.45) is 3.89. The van der Waals surface area contributed by atoms with Crippen LogP contribution in [0.4, 0.5) is 5.69 Å². The van der Waals surface area contributed by atoms with Crippen molar-refractivity contribution < 1.29 is 0 Å². The third kappa shape index (κ3) is 3.11. The van der Waals surface area contributed by atoms with Gasteiger partial charge in [-0.1, -0.05) is 12.1 Å². The van der Waals surface area contributed by atoms with Gasteiger partial charge in [0.2, 0.25) is 0 Å². The van der Waals surface area contributed by atoms with Gasteiger partial charge in [-0.15, -0.1) is 0 Å². The predicted octanol–water partition coefficient (Wildman–Crippen LogP) is 3.85. The summed E-state index contributed by atoms with van der Waals surface area (Å²) in [5.74, 6) is 0. The molecule has 0 unspecified atom stereocenters. The third-order valence-electron chi connectivity index (χ3n) is 3.99. The fourth-order valence-electron chi connectivity index (χ4n) is 2.56. The van der Waals surface area contributed by atoms with Crippen molar-refractivity contribution in [2.24, 2.45) is 0 Å². The van der Waals surface area contributed by atoms with Crippen molar-refractivity contribution in [2.75, 3.05) is 5.32 Å². The standard InChI is InChI=1S/C20H14N6/c1-13-5-6-26-12-19(25-20(26)7-13)15-4-3-14(2)17(8-15)24-18(11-23)16(9-21)10-22/h3-8,12,24H,1-2H3. The minimum atomic E-state index is -0.250. The molecule has 0 radical (unpaired) electrons. The van der Waals surface area contributed by atoms with Crippen LogP contribution in [0.15, 0.2) is 54.0 Å². The molecule has 1 aromatic carbocycles. The van der Waals surface area contributed by atoms with E-state index in [0.717, 1.165) is 28.0 Å². The first-order valence-corrected chi connectivity index (χ1v) is 7.83. The fourth-order valence-corrected chi connectivity index (χ4v) is 2.56. The van der Waals surface area contributed by atoms with E-state index in [1.54, 1.807) is 12.1 Å². The summed E-state index contributed by atoms with van der Waals surface area (Å²) >= 11 is 0. The van der Waals surface area contributed by atoms with E-state index >= 15 is 0 Å². The summed E-state index contributed by atoms with van der Waals surface area (Å²) in [4.78, 5) is 4.63. The Morgan fingerprint density at radius 3 is 2.50 bits per heavy atom. The molecule has 124 valence electrons. The van der Waals surface area contributed by atoms with Gasteiger partial charge in [0.25, 0.3) is 0 Å². The molecule has 6 heteroatoms. The number of benzene rings is 1. The van der Waals surface area contributed by atoms with Crippen LogP contribution in [0.1, 0.15) is 11.1 Å². The average molecular weight is 338 g/mol. The van der Waals surface area contributed by atoms with Crippen molar-refractivity contribution in [3.8, 4) is 29.5 Å². The van der Waals surface area contributed by atoms with Crippen molar-refractivity contribution in [3.05, 3.63) is 65.1 Å². The van der Waals surface area contributed by atoms with E-state index in [0.29, 0.717) is 5.69 Å². The van der Waals surface area contributed by atoms with E-state index < -0.39 is 0 Å². The number of pyridine rings is 1. The number of rotatable bonds is 3. The van der Waals surface area contributed by atoms with E-state index in [4.69, 9.17) is 10.5 Å². The number of hydrogen-bond donors (Lipinski definition) is 1. The Morgan fingerprint density at radius 2 is 1.81 bits per heavy atom. The zero-order valence-corrected chi connectivity index (χ0v) is 14.3. The van der Waals surface area contributed by atoms with Gasteiger partial charge >= 0.3 is 0 Å². The lowest BCUT2D eigenvalue weighted by Crippen LogP contribution is -2.02. The number of nitriles is 3. The monoisotopic (exact) mass is 338 g/mol. The Morgan fingerprint density at radius 1 is 1.04 bits per heavy atom. The minimum absolute atomic E-state index is 0.0686. The maximum absolute atomic E-state index is 9.23.